The Hall–Kier alpha value is -14.2. The molecule has 0 spiro atoms. The van der Waals surface area contributed by atoms with Crippen LogP contribution in [0.5, 0.6) is 46.0 Å². The Bertz CT molecular complexity index is 7570. The first-order valence-electron chi connectivity index (χ1n) is 47.8. The number of ketones is 1. The van der Waals surface area contributed by atoms with Gasteiger partial charge in [0.05, 0.1) is 18.8 Å². The Labute approximate surface area is 968 Å². The molecule has 0 amide bonds. The van der Waals surface area contributed by atoms with Gasteiger partial charge in [-0.2, -0.15) is 0 Å². The zero-order valence-corrected chi connectivity index (χ0v) is 91.5. The number of para-hydroxylation sites is 3. The quantitative estimate of drug-likeness (QED) is 0.00570. The van der Waals surface area contributed by atoms with Crippen LogP contribution in [-0.2, 0) is 66.4 Å². The van der Waals surface area contributed by atoms with Crippen LogP contribution in [-0.4, -0.2) is 109 Å². The molecule has 3 atom stereocenters. The average molecular weight is 2110 g/mol. The molecule has 7 aromatic heterocycles. The Balaban J connectivity index is 0.000000196. The van der Waals surface area contributed by atoms with Crippen molar-refractivity contribution in [1.29, 1.82) is 0 Å². The number of halogens is 1. The number of aromatic hydroxyl groups is 3. The Kier molecular flexibility index (Phi) is 51.5. The fraction of sp³-hybridized carbons (Fsp3) is 0.128. The molecule has 0 radical (unpaired) electrons. The molecule has 7 heterocycles. The van der Waals surface area contributed by atoms with Crippen LogP contribution in [0, 0.1) is 0 Å². The molecular formula is C125H116BrK2N7O15. The summed E-state index contributed by atoms with van der Waals surface area (Å²) in [5.41, 5.74) is 15.1. The van der Waals surface area contributed by atoms with Crippen LogP contribution in [0.4, 0.5) is 0 Å². The molecule has 750 valence electrons. The molecule has 20 aromatic rings. The largest absolute Gasteiger partial charge is 1.00 e. The van der Waals surface area contributed by atoms with Gasteiger partial charge < -0.3 is 65.9 Å². The number of carbonyl (C=O) groups excluding carboxylic acids is 2. The molecule has 25 heteroatoms. The Morgan fingerprint density at radius 3 is 1.11 bits per heavy atom. The number of phenols is 3. The standard InChI is InChI=1S/C26H23NO3.C24H21NO2.C19H19NO3.C19H17NO.2C12H11NO.C9H7NO.C3H5Br.CH2O3.2K.H/c28-23(18-30-24-11-5-2-6-12-24)17-22(19-8-3-1-4-9-19)16-21-14-13-20-10-7-15-27-25(20)26(21)29;26-22(19-10-5-2-6-11-19)16-21-14-13-20-12-7-15-25-23(20)24(21)27-17-18-8-3-1-4-9-18;21-12-17(22)11-16-9-8-15-7-4-10-20-18(15)19(16)23-13-14-5-2-1-3-6-14;1-2-7-17-12-11-16-10-6-13-20-18(16)19(17)21-14-15-8-4-3-5-9-15;1-2-9-14-11-7-3-5-10-6-4-8-13-12(10)11;1-2-4-10-7-6-9-5-3-8-13-11(9)12(10)14;11-8-5-1-3-7-4-2-6-10-9(7)8;1-2-3-4;2-1-4-3;;;/h1-15,22,29H,16-18H2;1-15,22,26H,16-17H2;1-10,17,21-22H,11-13H2;2-6,8-13H,1,7,14H2;2-8H,1,9H2;2-3,5-8,14H,1,4H2;1-6,11H;2H,1,3H2;1,3H;;;/q;;;;;;;;;2*+1;-1/p-1. The van der Waals surface area contributed by atoms with E-state index in [1.54, 1.807) is 73.7 Å². The van der Waals surface area contributed by atoms with Gasteiger partial charge in [0.1, 0.15) is 118 Å². The molecular weight excluding hydrogens is 2000 g/mol. The van der Waals surface area contributed by atoms with Crippen LogP contribution >= 0.6 is 15.9 Å². The van der Waals surface area contributed by atoms with Crippen molar-refractivity contribution in [3.8, 4) is 46.0 Å². The number of nitrogens with zero attached hydrogens (tertiary/aromatic N) is 7. The number of pyridine rings is 7. The van der Waals surface area contributed by atoms with Gasteiger partial charge in [0, 0.05) is 111 Å². The second-order valence-corrected chi connectivity index (χ2v) is 33.9. The van der Waals surface area contributed by atoms with Gasteiger partial charge in [-0.3, -0.25) is 44.5 Å². The van der Waals surface area contributed by atoms with Gasteiger partial charge in [0.15, 0.2) is 5.78 Å². The van der Waals surface area contributed by atoms with Crippen LogP contribution in [0.1, 0.15) is 75.5 Å². The van der Waals surface area contributed by atoms with Crippen LogP contribution < -0.4 is 132 Å². The van der Waals surface area contributed by atoms with Crippen molar-refractivity contribution in [2.75, 3.05) is 25.2 Å². The second-order valence-electron chi connectivity index (χ2n) is 33.2. The van der Waals surface area contributed by atoms with Gasteiger partial charge in [-0.05, 0) is 142 Å². The number of alkyl halides is 1. The maximum absolute atomic E-state index is 12.7. The van der Waals surface area contributed by atoms with Gasteiger partial charge in [-0.1, -0.05) is 344 Å². The Morgan fingerprint density at radius 1 is 0.353 bits per heavy atom. The summed E-state index contributed by atoms with van der Waals surface area (Å²) >= 11 is 3.13. The number of Topliss-reactive ketones (excluding diaryl/α,β-unsaturated/α-hetero) is 1. The number of fused-ring (bicyclic) bond motifs is 7. The van der Waals surface area contributed by atoms with Crippen molar-refractivity contribution in [2.45, 2.75) is 76.5 Å². The first kappa shape index (κ1) is 118. The Morgan fingerprint density at radius 2 is 0.693 bits per heavy atom. The van der Waals surface area contributed by atoms with Crippen LogP contribution in [0.15, 0.2) is 458 Å². The molecule has 0 aliphatic rings. The van der Waals surface area contributed by atoms with E-state index >= 15 is 0 Å². The number of rotatable bonds is 32. The second kappa shape index (κ2) is 65.6. The van der Waals surface area contributed by atoms with E-state index in [9.17, 15) is 30.3 Å². The fourth-order valence-corrected chi connectivity index (χ4v) is 15.7. The van der Waals surface area contributed by atoms with Crippen molar-refractivity contribution >= 4 is 105 Å². The third-order valence-corrected chi connectivity index (χ3v) is 23.3. The summed E-state index contributed by atoms with van der Waals surface area (Å²) < 4.78 is 29.4. The van der Waals surface area contributed by atoms with Crippen LogP contribution in [0.25, 0.3) is 76.3 Å². The van der Waals surface area contributed by atoms with Gasteiger partial charge in [0.25, 0.3) is 6.47 Å². The van der Waals surface area contributed by atoms with Crippen molar-refractivity contribution in [2.24, 2.45) is 0 Å². The molecule has 22 nitrogen and oxygen atoms in total. The summed E-state index contributed by atoms with van der Waals surface area (Å²) in [6, 6.07) is 117. The number of hydrogen-bond acceptors (Lipinski definition) is 22. The third kappa shape index (κ3) is 36.6. The molecule has 0 saturated heterocycles. The van der Waals surface area contributed by atoms with Crippen LogP contribution in [0.2, 0.25) is 0 Å². The summed E-state index contributed by atoms with van der Waals surface area (Å²) in [6.07, 6.45) is 21.0. The number of allylic oxidation sites excluding steroid dienone is 3. The van der Waals surface area contributed by atoms with Gasteiger partial charge in [0.2, 0.25) is 0 Å². The summed E-state index contributed by atoms with van der Waals surface area (Å²) in [5, 5.41) is 75.8. The normalized spacial score (nSPS) is 10.8. The minimum Gasteiger partial charge on any atom is -1.00 e. The van der Waals surface area contributed by atoms with E-state index in [0.29, 0.717) is 86.6 Å². The number of ether oxygens (including phenoxy) is 5. The average Bonchev–Trinajstić information content (AvgIpc) is 0.802. The van der Waals surface area contributed by atoms with Crippen molar-refractivity contribution in [3.05, 3.63) is 514 Å². The molecule has 0 bridgehead atoms. The summed E-state index contributed by atoms with van der Waals surface area (Å²) in [6.45, 7) is 16.0. The van der Waals surface area contributed by atoms with Crippen molar-refractivity contribution < 1.29 is 178 Å². The van der Waals surface area contributed by atoms with E-state index < -0.39 is 12.2 Å². The number of aliphatic hydroxyl groups is 3. The number of hydrogen-bond donors (Lipinski definition) is 6. The minimum atomic E-state index is -0.810. The molecule has 0 saturated carbocycles. The summed E-state index contributed by atoms with van der Waals surface area (Å²) in [7, 11) is 0. The fourth-order valence-electron chi connectivity index (χ4n) is 15.7. The SMILES string of the molecule is C=CCBr.C=CCOc1cccc2cccnc12.C=CCc1ccc2cccnc2c1O.C=CCc1ccc2cccnc2c1OCc1ccccc1.O=C(COc1ccccc1)CC(Cc1ccc2cccnc2c1O)c1ccccc1.O=CO[O-].OC(Cc1ccc2cccnc2c1OCc1ccccc1)c1ccccc1.OCC(O)Cc1ccc2cccnc2c1OCc1ccccc1.Oc1cccc2cccnc12.[H-].[K+].[K+]. The van der Waals surface area contributed by atoms with Crippen molar-refractivity contribution in [3.63, 3.8) is 0 Å². The van der Waals surface area contributed by atoms with Gasteiger partial charge in [-0.15, -0.1) is 19.7 Å². The predicted molar refractivity (Wildman–Crippen MR) is 592 cm³/mol. The molecule has 20 rings (SSSR count). The number of aliphatic hydroxyl groups excluding tert-OH is 3. The number of benzene rings is 13. The first-order chi connectivity index (χ1) is 72.6. The minimum absolute atomic E-state index is 0. The van der Waals surface area contributed by atoms with E-state index in [2.05, 4.69) is 112 Å². The number of carbonyl (C=O) groups is 2. The molecule has 0 fully saturated rings. The maximum atomic E-state index is 12.7. The van der Waals surface area contributed by atoms with Gasteiger partial charge >= 0.3 is 103 Å². The molecule has 13 aromatic carbocycles. The number of aromatic nitrogens is 7. The molecule has 6 N–H and O–H groups in total. The smallest absolute Gasteiger partial charge is 1.00 e. The van der Waals surface area contributed by atoms with Crippen LogP contribution in [0.3, 0.4) is 0 Å². The van der Waals surface area contributed by atoms with E-state index in [1.165, 1.54) is 0 Å². The number of phenolic OH excluding ortho intramolecular Hbond substituents is 3. The topological polar surface area (TPSA) is 324 Å². The van der Waals surface area contributed by atoms with Gasteiger partial charge in [-0.25, -0.2) is 0 Å². The van der Waals surface area contributed by atoms with E-state index in [4.69, 9.17) is 38.8 Å². The molecule has 0 aliphatic carbocycles. The predicted octanol–water partition coefficient (Wildman–Crippen LogP) is 19.2. The summed E-state index contributed by atoms with van der Waals surface area (Å²) in [5.74, 6) is 4.40. The maximum Gasteiger partial charge on any atom is 1.00 e. The summed E-state index contributed by atoms with van der Waals surface area (Å²) in [4.78, 5) is 54.1. The monoisotopic (exact) mass is 2110 g/mol. The van der Waals surface area contributed by atoms with E-state index in [0.717, 1.165) is 144 Å². The molecule has 3 unspecified atom stereocenters. The zero-order chi connectivity index (χ0) is 104. The first-order valence-corrected chi connectivity index (χ1v) is 48.9. The molecule has 150 heavy (non-hydrogen) atoms. The molecule has 0 aliphatic heterocycles. The zero-order valence-electron chi connectivity index (χ0n) is 84.7. The van der Waals surface area contributed by atoms with E-state index in [1.807, 2.05) is 328 Å². The van der Waals surface area contributed by atoms with E-state index in [-0.39, 0.29) is 153 Å². The van der Waals surface area contributed by atoms with Crippen molar-refractivity contribution in [1.82, 2.24) is 34.9 Å². The third-order valence-electron chi connectivity index (χ3n) is 22.8.